The van der Waals surface area contributed by atoms with Crippen LogP contribution in [0.1, 0.15) is 24.0 Å². The third-order valence-corrected chi connectivity index (χ3v) is 7.88. The molecule has 1 heterocycles. The van der Waals surface area contributed by atoms with Gasteiger partial charge < -0.3 is 5.32 Å². The average molecular weight is 448 g/mol. The van der Waals surface area contributed by atoms with Crippen LogP contribution in [0.5, 0.6) is 0 Å². The fraction of sp³-hybridized carbons (Fsp3) is 0.409. The van der Waals surface area contributed by atoms with Gasteiger partial charge in [0.25, 0.3) is 0 Å². The molecule has 3 rings (SSSR count). The fourth-order valence-electron chi connectivity index (χ4n) is 3.53. The van der Waals surface area contributed by atoms with E-state index in [1.807, 2.05) is 24.5 Å². The van der Waals surface area contributed by atoms with E-state index in [0.717, 1.165) is 34.4 Å². The Kier molecular flexibility index (Phi) is 7.93. The molecule has 2 aromatic carbocycles. The molecule has 1 N–H and O–H groups in total. The van der Waals surface area contributed by atoms with Gasteiger partial charge in [0.05, 0.1) is 11.4 Å². The molecule has 6 nitrogen and oxygen atoms in total. The van der Waals surface area contributed by atoms with E-state index in [0.29, 0.717) is 6.54 Å². The highest BCUT2D eigenvalue weighted by molar-refractivity contribution is 7.98. The van der Waals surface area contributed by atoms with Crippen LogP contribution in [-0.4, -0.2) is 56.5 Å². The van der Waals surface area contributed by atoms with Crippen molar-refractivity contribution in [2.45, 2.75) is 35.7 Å². The zero-order valence-electron chi connectivity index (χ0n) is 17.5. The summed E-state index contributed by atoms with van der Waals surface area (Å²) in [7, 11) is -2.28. The molecular weight excluding hydrogens is 418 g/mol. The summed E-state index contributed by atoms with van der Waals surface area (Å²) in [5.41, 5.74) is 2.27. The molecule has 1 aliphatic heterocycles. The first kappa shape index (κ1) is 22.8. The number of rotatable bonds is 9. The summed E-state index contributed by atoms with van der Waals surface area (Å²) in [6.45, 7) is 3.27. The second-order valence-electron chi connectivity index (χ2n) is 7.47. The van der Waals surface area contributed by atoms with Gasteiger partial charge in [-0.1, -0.05) is 24.3 Å². The van der Waals surface area contributed by atoms with Gasteiger partial charge in [-0.2, -0.15) is 4.31 Å². The normalized spacial score (nSPS) is 14.9. The van der Waals surface area contributed by atoms with Crippen LogP contribution in [0, 0.1) is 0 Å². The molecule has 0 radical (unpaired) electrons. The summed E-state index contributed by atoms with van der Waals surface area (Å²) in [6, 6.07) is 14.8. The number of hydrogen-bond donors (Lipinski definition) is 1. The molecule has 0 spiro atoms. The van der Waals surface area contributed by atoms with E-state index in [2.05, 4.69) is 16.3 Å². The van der Waals surface area contributed by atoms with Crippen LogP contribution >= 0.6 is 11.8 Å². The van der Waals surface area contributed by atoms with Crippen LogP contribution in [0.25, 0.3) is 0 Å². The second kappa shape index (κ2) is 10.4. The van der Waals surface area contributed by atoms with E-state index in [1.165, 1.54) is 25.5 Å². The van der Waals surface area contributed by atoms with E-state index in [9.17, 15) is 13.2 Å². The van der Waals surface area contributed by atoms with Crippen molar-refractivity contribution in [1.82, 2.24) is 14.5 Å². The number of nitrogens with one attached hydrogen (secondary N) is 1. The molecule has 2 aromatic rings. The first-order valence-electron chi connectivity index (χ1n) is 10.1. The number of amides is 1. The summed E-state index contributed by atoms with van der Waals surface area (Å²) in [5.74, 6) is -0.321. The van der Waals surface area contributed by atoms with Crippen molar-refractivity contribution < 1.29 is 13.2 Å². The van der Waals surface area contributed by atoms with Gasteiger partial charge in [0, 0.05) is 25.0 Å². The predicted octanol–water partition coefficient (Wildman–Crippen LogP) is 2.94. The lowest BCUT2D eigenvalue weighted by atomic mass is 10.1. The quantitative estimate of drug-likeness (QED) is 0.599. The van der Waals surface area contributed by atoms with Crippen molar-refractivity contribution >= 4 is 27.7 Å². The summed E-state index contributed by atoms with van der Waals surface area (Å²) < 4.78 is 26.5. The molecule has 0 aliphatic carbocycles. The summed E-state index contributed by atoms with van der Waals surface area (Å²) in [5, 5.41) is 2.87. The molecule has 1 amide bonds. The van der Waals surface area contributed by atoms with Crippen LogP contribution in [-0.2, 0) is 27.9 Å². The van der Waals surface area contributed by atoms with Crippen molar-refractivity contribution in [1.29, 1.82) is 0 Å². The molecule has 1 aliphatic rings. The molecule has 0 unspecified atom stereocenters. The average Bonchev–Trinajstić information content (AvgIpc) is 3.26. The highest BCUT2D eigenvalue weighted by Gasteiger charge is 2.23. The van der Waals surface area contributed by atoms with Crippen molar-refractivity contribution in [3.63, 3.8) is 0 Å². The van der Waals surface area contributed by atoms with Gasteiger partial charge in [-0.15, -0.1) is 11.8 Å². The third-order valence-electron chi connectivity index (χ3n) is 5.32. The van der Waals surface area contributed by atoms with E-state index in [1.54, 1.807) is 36.0 Å². The molecule has 0 atom stereocenters. The first-order valence-corrected chi connectivity index (χ1v) is 12.7. The lowest BCUT2D eigenvalue weighted by molar-refractivity contribution is -0.121. The molecule has 0 saturated carbocycles. The zero-order valence-corrected chi connectivity index (χ0v) is 19.1. The SMILES string of the molecule is CSc1ccc(S(=O)(=O)N(C)CC(=O)NCc2ccccc2CN2CCCC2)cc1. The van der Waals surface area contributed by atoms with E-state index >= 15 is 0 Å². The summed E-state index contributed by atoms with van der Waals surface area (Å²) in [4.78, 5) is 16.0. The van der Waals surface area contributed by atoms with Crippen molar-refractivity contribution in [3.8, 4) is 0 Å². The van der Waals surface area contributed by atoms with Crippen molar-refractivity contribution in [3.05, 3.63) is 59.7 Å². The number of thioether (sulfide) groups is 1. The summed E-state index contributed by atoms with van der Waals surface area (Å²) in [6.07, 6.45) is 4.41. The Balaban J connectivity index is 1.57. The van der Waals surface area contributed by atoms with E-state index in [4.69, 9.17) is 0 Å². The van der Waals surface area contributed by atoms with Gasteiger partial charge in [-0.25, -0.2) is 8.42 Å². The fourth-order valence-corrected chi connectivity index (χ4v) is 5.07. The third kappa shape index (κ3) is 5.85. The summed E-state index contributed by atoms with van der Waals surface area (Å²) >= 11 is 1.55. The Bertz CT molecular complexity index is 956. The van der Waals surface area contributed by atoms with Gasteiger partial charge in [-0.05, 0) is 67.6 Å². The highest BCUT2D eigenvalue weighted by atomic mass is 32.2. The molecule has 1 fully saturated rings. The van der Waals surface area contributed by atoms with Crippen LogP contribution in [0.4, 0.5) is 0 Å². The minimum atomic E-state index is -3.71. The highest BCUT2D eigenvalue weighted by Crippen LogP contribution is 2.20. The molecule has 0 bridgehead atoms. The Hall–Kier alpha value is -1.87. The molecule has 30 heavy (non-hydrogen) atoms. The molecule has 162 valence electrons. The lowest BCUT2D eigenvalue weighted by Gasteiger charge is -2.19. The van der Waals surface area contributed by atoms with E-state index in [-0.39, 0.29) is 17.3 Å². The Morgan fingerprint density at radius 1 is 1.07 bits per heavy atom. The van der Waals surface area contributed by atoms with E-state index < -0.39 is 10.0 Å². The lowest BCUT2D eigenvalue weighted by Crippen LogP contribution is -2.38. The molecule has 1 saturated heterocycles. The van der Waals surface area contributed by atoms with Crippen molar-refractivity contribution in [2.75, 3.05) is 32.9 Å². The maximum absolute atomic E-state index is 12.7. The number of carbonyl (C=O) groups excluding carboxylic acids is 1. The van der Waals surface area contributed by atoms with Crippen molar-refractivity contribution in [2.24, 2.45) is 0 Å². The monoisotopic (exact) mass is 447 g/mol. The Labute approximate surface area is 183 Å². The number of benzene rings is 2. The van der Waals surface area contributed by atoms with Gasteiger partial charge in [-0.3, -0.25) is 9.69 Å². The Morgan fingerprint density at radius 3 is 2.33 bits per heavy atom. The van der Waals surface area contributed by atoms with Gasteiger partial charge in [0.15, 0.2) is 0 Å². The molecule has 8 heteroatoms. The Morgan fingerprint density at radius 2 is 1.70 bits per heavy atom. The number of hydrogen-bond acceptors (Lipinski definition) is 5. The number of sulfonamides is 1. The topological polar surface area (TPSA) is 69.7 Å². The number of likely N-dealkylation sites (N-methyl/N-ethyl adjacent to an activating group) is 1. The van der Waals surface area contributed by atoms with Gasteiger partial charge in [0.1, 0.15) is 0 Å². The second-order valence-corrected chi connectivity index (χ2v) is 10.4. The minimum Gasteiger partial charge on any atom is -0.351 e. The maximum atomic E-state index is 12.7. The molecule has 0 aromatic heterocycles. The number of likely N-dealkylation sites (tertiary alicyclic amines) is 1. The standard InChI is InChI=1S/C22H29N3O3S2/c1-24(30(27,28)21-11-9-20(29-2)10-12-21)17-22(26)23-15-18-7-3-4-8-19(18)16-25-13-5-6-14-25/h3-4,7-12H,5-6,13-17H2,1-2H3,(H,23,26). The van der Waals surface area contributed by atoms with Crippen LogP contribution in [0.2, 0.25) is 0 Å². The number of carbonyl (C=O) groups is 1. The zero-order chi connectivity index (χ0) is 21.6. The smallest absolute Gasteiger partial charge is 0.243 e. The number of nitrogens with zero attached hydrogens (tertiary/aromatic N) is 2. The van der Waals surface area contributed by atoms with Crippen LogP contribution in [0.3, 0.4) is 0 Å². The maximum Gasteiger partial charge on any atom is 0.243 e. The van der Waals surface area contributed by atoms with Crippen LogP contribution < -0.4 is 5.32 Å². The first-order chi connectivity index (χ1) is 14.4. The van der Waals surface area contributed by atoms with Gasteiger partial charge >= 0.3 is 0 Å². The minimum absolute atomic E-state index is 0.187. The predicted molar refractivity (Wildman–Crippen MR) is 121 cm³/mol. The van der Waals surface area contributed by atoms with Crippen LogP contribution in [0.15, 0.2) is 58.3 Å². The largest absolute Gasteiger partial charge is 0.351 e. The molecular formula is C22H29N3O3S2. The van der Waals surface area contributed by atoms with Gasteiger partial charge in [0.2, 0.25) is 15.9 Å².